The maximum absolute atomic E-state index is 12.6. The van der Waals surface area contributed by atoms with E-state index in [4.69, 9.17) is 4.78 Å². The largest absolute Gasteiger partial charge is 0.291 e. The first-order valence-corrected chi connectivity index (χ1v) is 10.6. The molecule has 0 unspecified atom stereocenters. The number of fused-ring (bicyclic) bond motifs is 1. The van der Waals surface area contributed by atoms with Gasteiger partial charge in [-0.1, -0.05) is 22.3 Å². The van der Waals surface area contributed by atoms with E-state index in [0.29, 0.717) is 39.6 Å². The minimum atomic E-state index is -2.47. The summed E-state index contributed by atoms with van der Waals surface area (Å²) in [5.74, 6) is 0.681. The molecule has 3 rings (SSSR count). The summed E-state index contributed by atoms with van der Waals surface area (Å²) in [6.07, 6.45) is 4.77. The minimum absolute atomic E-state index is 0.0555. The zero-order valence-electron chi connectivity index (χ0n) is 12.1. The highest BCUT2D eigenvalue weighted by molar-refractivity contribution is 7.98. The summed E-state index contributed by atoms with van der Waals surface area (Å²) in [4.78, 5) is 21.4. The fraction of sp³-hybridized carbons (Fsp3) is 0.462. The average Bonchev–Trinajstić information content (AvgIpc) is 2.49. The van der Waals surface area contributed by atoms with Crippen molar-refractivity contribution in [3.05, 3.63) is 22.6 Å². The van der Waals surface area contributed by atoms with Gasteiger partial charge in [-0.05, 0) is 19.1 Å². The summed E-state index contributed by atoms with van der Waals surface area (Å²) < 4.78 is 21.8. The van der Waals surface area contributed by atoms with E-state index in [1.807, 2.05) is 6.26 Å². The van der Waals surface area contributed by atoms with Gasteiger partial charge in [-0.2, -0.15) is 0 Å². The first-order chi connectivity index (χ1) is 10.4. The lowest BCUT2D eigenvalue weighted by molar-refractivity contribution is 0.458. The molecule has 2 radical (unpaired) electrons. The highest BCUT2D eigenvalue weighted by Gasteiger charge is 2.25. The molecule has 1 aliphatic heterocycles. The molecule has 6 nitrogen and oxygen atoms in total. The van der Waals surface area contributed by atoms with Gasteiger partial charge < -0.3 is 0 Å². The monoisotopic (exact) mass is 350 g/mol. The molecule has 0 saturated carbocycles. The van der Waals surface area contributed by atoms with Crippen LogP contribution in [0.15, 0.2) is 22.2 Å². The van der Waals surface area contributed by atoms with Crippen LogP contribution in [-0.2, 0) is 9.73 Å². The molecule has 2 aromatic rings. The maximum Gasteiger partial charge on any atom is 0.236 e. The van der Waals surface area contributed by atoms with E-state index in [-0.39, 0.29) is 11.6 Å². The number of aromatic nitrogens is 3. The van der Waals surface area contributed by atoms with Crippen molar-refractivity contribution in [2.24, 2.45) is 0 Å². The lowest BCUT2D eigenvalue weighted by Crippen LogP contribution is -2.39. The average molecular weight is 350 g/mol. The van der Waals surface area contributed by atoms with Gasteiger partial charge >= 0.3 is 0 Å². The molecule has 0 atom stereocenters. The molecule has 3 heterocycles. The zero-order chi connectivity index (χ0) is 15.9. The van der Waals surface area contributed by atoms with E-state index in [0.717, 1.165) is 5.39 Å². The van der Waals surface area contributed by atoms with Crippen molar-refractivity contribution in [2.45, 2.75) is 24.0 Å². The molecule has 0 aromatic carbocycles. The highest BCUT2D eigenvalue weighted by Crippen LogP contribution is 2.25. The Bertz CT molecular complexity index is 881. The molecule has 9 heteroatoms. The van der Waals surface area contributed by atoms with Crippen molar-refractivity contribution in [3.63, 3.8) is 0 Å². The first-order valence-electron chi connectivity index (χ1n) is 6.87. The highest BCUT2D eigenvalue weighted by atomic mass is 32.2. The summed E-state index contributed by atoms with van der Waals surface area (Å²) >= 11 is 3.89. The van der Waals surface area contributed by atoms with E-state index in [2.05, 4.69) is 26.3 Å². The molecule has 22 heavy (non-hydrogen) atoms. The molecule has 0 spiro atoms. The fourth-order valence-corrected chi connectivity index (χ4v) is 4.88. The van der Waals surface area contributed by atoms with Crippen LogP contribution >= 0.6 is 11.8 Å². The quantitative estimate of drug-likeness (QED) is 0.489. The third-order valence-corrected chi connectivity index (χ3v) is 6.65. The third kappa shape index (κ3) is 2.95. The molecule has 0 aliphatic carbocycles. The van der Waals surface area contributed by atoms with Gasteiger partial charge in [0.25, 0.3) is 0 Å². The number of nitrogens with one attached hydrogen (secondary N) is 1. The van der Waals surface area contributed by atoms with E-state index < -0.39 is 9.73 Å². The second-order valence-electron chi connectivity index (χ2n) is 5.36. The molecular weight excluding hydrogens is 335 g/mol. The predicted octanol–water partition coefficient (Wildman–Crippen LogP) is 0.689. The molecule has 1 fully saturated rings. The normalized spacial score (nSPS) is 25.4. The summed E-state index contributed by atoms with van der Waals surface area (Å²) in [5.41, 5.74) is 0.533. The topological polar surface area (TPSA) is 88.7 Å². The van der Waals surface area contributed by atoms with Crippen LogP contribution in [0.3, 0.4) is 0 Å². The van der Waals surface area contributed by atoms with Crippen LogP contribution in [0.2, 0.25) is 0 Å². The summed E-state index contributed by atoms with van der Waals surface area (Å²) in [6.45, 7) is 0. The van der Waals surface area contributed by atoms with Gasteiger partial charge in [0, 0.05) is 38.9 Å². The van der Waals surface area contributed by atoms with Crippen molar-refractivity contribution in [1.29, 1.82) is 4.78 Å². The molecular formula is C13H15AlN4O2S2. The number of rotatable bonds is 2. The van der Waals surface area contributed by atoms with Crippen LogP contribution < -0.4 is 9.98 Å². The van der Waals surface area contributed by atoms with Crippen molar-refractivity contribution >= 4 is 53.2 Å². The van der Waals surface area contributed by atoms with E-state index >= 15 is 0 Å². The second kappa shape index (κ2) is 5.96. The Balaban J connectivity index is 2.18. The van der Waals surface area contributed by atoms with Crippen molar-refractivity contribution < 1.29 is 4.21 Å². The predicted molar refractivity (Wildman–Crippen MR) is 89.8 cm³/mol. The SMILES string of the molecule is CSc1ncc2c[c]([Al])c(=O)n(C3CCS(=N)(=O)CC3)c2n1. The third-order valence-electron chi connectivity index (χ3n) is 3.89. The Hall–Kier alpha value is -0.878. The zero-order valence-corrected chi connectivity index (χ0v) is 14.9. The number of nitrogens with zero attached hydrogens (tertiary/aromatic N) is 3. The number of hydrogen-bond acceptors (Lipinski definition) is 6. The summed E-state index contributed by atoms with van der Waals surface area (Å²) in [6, 6.07) is 1.72. The van der Waals surface area contributed by atoms with Crippen molar-refractivity contribution in [1.82, 2.24) is 14.5 Å². The van der Waals surface area contributed by atoms with Gasteiger partial charge in [-0.25, -0.2) is 14.2 Å². The van der Waals surface area contributed by atoms with Crippen LogP contribution in [0.1, 0.15) is 18.9 Å². The smallest absolute Gasteiger partial charge is 0.236 e. The Morgan fingerprint density at radius 1 is 1.45 bits per heavy atom. The van der Waals surface area contributed by atoms with Crippen LogP contribution in [0.4, 0.5) is 0 Å². The molecule has 1 N–H and O–H groups in total. The van der Waals surface area contributed by atoms with Crippen molar-refractivity contribution in [2.75, 3.05) is 17.8 Å². The second-order valence-corrected chi connectivity index (χ2v) is 9.20. The van der Waals surface area contributed by atoms with Gasteiger partial charge in [-0.3, -0.25) is 14.1 Å². The van der Waals surface area contributed by atoms with Crippen LogP contribution in [-0.4, -0.2) is 52.8 Å². The van der Waals surface area contributed by atoms with Gasteiger partial charge in [0.05, 0.1) is 0 Å². The molecule has 0 amide bonds. The van der Waals surface area contributed by atoms with Crippen LogP contribution in [0.5, 0.6) is 0 Å². The molecule has 0 bridgehead atoms. The lowest BCUT2D eigenvalue weighted by Gasteiger charge is -2.26. The van der Waals surface area contributed by atoms with E-state index in [1.165, 1.54) is 11.8 Å². The minimum Gasteiger partial charge on any atom is -0.291 e. The Morgan fingerprint density at radius 3 is 2.77 bits per heavy atom. The van der Waals surface area contributed by atoms with E-state index in [1.54, 1.807) is 16.8 Å². The summed E-state index contributed by atoms with van der Waals surface area (Å²) in [5, 5.41) is 1.44. The molecule has 1 saturated heterocycles. The lowest BCUT2D eigenvalue weighted by atomic mass is 10.1. The molecule has 1 aliphatic rings. The number of hydrogen-bond donors (Lipinski definition) is 1. The van der Waals surface area contributed by atoms with Gasteiger partial charge in [0.1, 0.15) is 5.65 Å². The summed E-state index contributed by atoms with van der Waals surface area (Å²) in [7, 11) is -2.47. The standard InChI is InChI=1S/C13H15N4O2S2.Al/c1-20-13-15-8-9-2-3-11(18)17(12(9)16-13)10-4-6-21(14,19)7-5-10;/h2,8,10,14H,4-7H2,1H3;. The number of thioether (sulfide) groups is 1. The molecule has 114 valence electrons. The Kier molecular flexibility index (Phi) is 4.34. The van der Waals surface area contributed by atoms with E-state index in [9.17, 15) is 9.00 Å². The maximum atomic E-state index is 12.6. The van der Waals surface area contributed by atoms with Crippen LogP contribution in [0.25, 0.3) is 11.0 Å². The fourth-order valence-electron chi connectivity index (χ4n) is 2.72. The molecule has 2 aromatic heterocycles. The van der Waals surface area contributed by atoms with Gasteiger partial charge in [0.15, 0.2) is 21.4 Å². The van der Waals surface area contributed by atoms with Gasteiger partial charge in [-0.15, -0.1) is 0 Å². The van der Waals surface area contributed by atoms with Crippen molar-refractivity contribution in [3.8, 4) is 0 Å². The first kappa shape index (κ1) is 16.0. The Morgan fingerprint density at radius 2 is 2.14 bits per heavy atom. The van der Waals surface area contributed by atoms with Gasteiger partial charge in [0.2, 0.25) is 5.56 Å². The van der Waals surface area contributed by atoms with Crippen LogP contribution in [0, 0.1) is 4.78 Å². The number of pyridine rings is 1. The Labute approximate surface area is 141 Å².